The molecule has 0 saturated heterocycles. The number of anilines is 1. The molecule has 0 saturated carbocycles. The second-order valence-electron chi connectivity index (χ2n) is 5.62. The molecule has 0 heterocycles. The summed E-state index contributed by atoms with van der Waals surface area (Å²) in [5.41, 5.74) is 2.41. The van der Waals surface area contributed by atoms with E-state index in [1.807, 2.05) is 24.3 Å². The van der Waals surface area contributed by atoms with Crippen LogP contribution in [-0.2, 0) is 9.63 Å². The number of hydrogen-bond donors (Lipinski definition) is 1. The average Bonchev–Trinajstić information content (AvgIpc) is 2.55. The number of oxime groups is 1. The molecule has 0 atom stereocenters. The fraction of sp³-hybridized carbons (Fsp3) is 0.222. The van der Waals surface area contributed by atoms with Crippen molar-refractivity contribution >= 4 is 52.6 Å². The van der Waals surface area contributed by atoms with Crippen molar-refractivity contribution in [1.82, 2.24) is 0 Å². The molecule has 2 aromatic rings. The number of nitrogens with zero attached hydrogens (tertiary/aromatic N) is 1. The van der Waals surface area contributed by atoms with Gasteiger partial charge in [-0.15, -0.1) is 0 Å². The molecule has 4 nitrogen and oxygen atoms in total. The first-order valence-corrected chi connectivity index (χ1v) is 8.70. The molecule has 7 heteroatoms. The van der Waals surface area contributed by atoms with Gasteiger partial charge in [-0.1, -0.05) is 78.1 Å². The molecule has 0 radical (unpaired) electrons. The Morgan fingerprint density at radius 1 is 1.16 bits per heavy atom. The van der Waals surface area contributed by atoms with E-state index in [1.54, 1.807) is 6.21 Å². The van der Waals surface area contributed by atoms with Crippen LogP contribution in [0.2, 0.25) is 15.1 Å². The molecule has 0 fully saturated rings. The summed E-state index contributed by atoms with van der Waals surface area (Å²) >= 11 is 17.8. The van der Waals surface area contributed by atoms with Crippen LogP contribution in [0.25, 0.3) is 0 Å². The quantitative estimate of drug-likeness (QED) is 0.496. The summed E-state index contributed by atoms with van der Waals surface area (Å²) < 4.78 is 0. The molecule has 2 aromatic carbocycles. The number of hydrogen-bond acceptors (Lipinski definition) is 3. The lowest BCUT2D eigenvalue weighted by Crippen LogP contribution is -2.17. The highest BCUT2D eigenvalue weighted by Gasteiger charge is 2.11. The Hall–Kier alpha value is -1.75. The van der Waals surface area contributed by atoms with Crippen LogP contribution in [0.5, 0.6) is 0 Å². The zero-order chi connectivity index (χ0) is 18.4. The van der Waals surface area contributed by atoms with Crippen molar-refractivity contribution in [1.29, 1.82) is 0 Å². The average molecular weight is 400 g/mol. The second-order valence-corrected chi connectivity index (χ2v) is 6.87. The normalized spacial score (nSPS) is 11.1. The van der Waals surface area contributed by atoms with Crippen molar-refractivity contribution < 1.29 is 9.63 Å². The highest BCUT2D eigenvalue weighted by molar-refractivity contribution is 6.42. The molecular formula is C18H17Cl3N2O2. The Balaban J connectivity index is 1.86. The molecule has 0 unspecified atom stereocenters. The third kappa shape index (κ3) is 5.92. The highest BCUT2D eigenvalue weighted by atomic mass is 35.5. The molecule has 1 N–H and O–H groups in total. The van der Waals surface area contributed by atoms with Gasteiger partial charge >= 0.3 is 0 Å². The van der Waals surface area contributed by atoms with E-state index in [4.69, 9.17) is 39.6 Å². The number of carbonyl (C=O) groups is 1. The fourth-order valence-corrected chi connectivity index (χ4v) is 2.91. The molecule has 1 amide bonds. The monoisotopic (exact) mass is 398 g/mol. The maximum absolute atomic E-state index is 11.9. The van der Waals surface area contributed by atoms with Crippen LogP contribution >= 0.6 is 34.8 Å². The van der Waals surface area contributed by atoms with Crippen LogP contribution in [0.1, 0.15) is 30.9 Å². The van der Waals surface area contributed by atoms with Gasteiger partial charge in [0, 0.05) is 5.02 Å². The van der Waals surface area contributed by atoms with Gasteiger partial charge < -0.3 is 10.2 Å². The lowest BCUT2D eigenvalue weighted by atomic mass is 10.0. The molecule has 0 bridgehead atoms. The third-order valence-electron chi connectivity index (χ3n) is 3.35. The van der Waals surface area contributed by atoms with E-state index in [0.717, 1.165) is 5.56 Å². The van der Waals surface area contributed by atoms with Gasteiger partial charge in [-0.3, -0.25) is 4.79 Å². The number of benzene rings is 2. The van der Waals surface area contributed by atoms with Gasteiger partial charge in [0.2, 0.25) is 0 Å². The smallest absolute Gasteiger partial charge is 0.265 e. The summed E-state index contributed by atoms with van der Waals surface area (Å²) in [6.45, 7) is 3.99. The van der Waals surface area contributed by atoms with E-state index in [9.17, 15) is 4.79 Å². The van der Waals surface area contributed by atoms with Gasteiger partial charge in [-0.05, 0) is 29.2 Å². The van der Waals surface area contributed by atoms with Crippen molar-refractivity contribution in [2.24, 2.45) is 5.16 Å². The molecule has 0 aliphatic carbocycles. The number of amides is 1. The van der Waals surface area contributed by atoms with Crippen LogP contribution in [-0.4, -0.2) is 18.7 Å². The van der Waals surface area contributed by atoms with Crippen LogP contribution in [0.3, 0.4) is 0 Å². The van der Waals surface area contributed by atoms with E-state index in [2.05, 4.69) is 24.3 Å². The van der Waals surface area contributed by atoms with Crippen molar-refractivity contribution in [2.45, 2.75) is 19.8 Å². The standard InChI is InChI=1S/C18H17Cl3N2O2/c1-11(2)13-5-3-12(4-6-13)9-22-25-10-17(24)23-18-15(20)7-14(19)8-16(18)21/h3-9,11H,10H2,1-2H3,(H,23,24)/b22-9-. The van der Waals surface area contributed by atoms with Gasteiger partial charge in [0.15, 0.2) is 6.61 Å². The summed E-state index contributed by atoms with van der Waals surface area (Å²) in [7, 11) is 0. The number of carbonyl (C=O) groups excluding carboxylic acids is 1. The van der Waals surface area contributed by atoms with Crippen LogP contribution < -0.4 is 5.32 Å². The first kappa shape index (κ1) is 19.6. The van der Waals surface area contributed by atoms with E-state index in [1.165, 1.54) is 17.7 Å². The molecule has 132 valence electrons. The predicted molar refractivity (Wildman–Crippen MR) is 104 cm³/mol. The Bertz CT molecular complexity index is 751. The summed E-state index contributed by atoms with van der Waals surface area (Å²) in [5, 5.41) is 7.23. The van der Waals surface area contributed by atoms with Crippen LogP contribution in [0.4, 0.5) is 5.69 Å². The predicted octanol–water partition coefficient (Wildman–Crippen LogP) is 5.76. The van der Waals surface area contributed by atoms with Gasteiger partial charge in [-0.2, -0.15) is 0 Å². The lowest BCUT2D eigenvalue weighted by molar-refractivity contribution is -0.120. The molecule has 25 heavy (non-hydrogen) atoms. The lowest BCUT2D eigenvalue weighted by Gasteiger charge is -2.09. The minimum absolute atomic E-state index is 0.250. The highest BCUT2D eigenvalue weighted by Crippen LogP contribution is 2.33. The fourth-order valence-electron chi connectivity index (χ4n) is 2.00. The maximum atomic E-state index is 11.9. The van der Waals surface area contributed by atoms with Crippen molar-refractivity contribution in [3.63, 3.8) is 0 Å². The van der Waals surface area contributed by atoms with Gasteiger partial charge in [-0.25, -0.2) is 0 Å². The molecule has 0 aliphatic heterocycles. The minimum atomic E-state index is -0.432. The molecule has 2 rings (SSSR count). The Morgan fingerprint density at radius 3 is 2.32 bits per heavy atom. The summed E-state index contributed by atoms with van der Waals surface area (Å²) in [4.78, 5) is 16.9. The zero-order valence-electron chi connectivity index (χ0n) is 13.7. The maximum Gasteiger partial charge on any atom is 0.265 e. The van der Waals surface area contributed by atoms with Crippen molar-refractivity contribution in [3.8, 4) is 0 Å². The van der Waals surface area contributed by atoms with Crippen LogP contribution in [0, 0.1) is 0 Å². The largest absolute Gasteiger partial charge is 0.386 e. The third-order valence-corrected chi connectivity index (χ3v) is 4.16. The summed E-state index contributed by atoms with van der Waals surface area (Å²) in [6.07, 6.45) is 1.54. The topological polar surface area (TPSA) is 50.7 Å². The van der Waals surface area contributed by atoms with E-state index in [0.29, 0.717) is 10.9 Å². The Labute approximate surface area is 161 Å². The minimum Gasteiger partial charge on any atom is -0.386 e. The van der Waals surface area contributed by atoms with Crippen molar-refractivity contribution in [3.05, 3.63) is 62.6 Å². The number of nitrogens with one attached hydrogen (secondary N) is 1. The van der Waals surface area contributed by atoms with E-state index >= 15 is 0 Å². The molecule has 0 spiro atoms. The molecule has 0 aromatic heterocycles. The van der Waals surface area contributed by atoms with Crippen LogP contribution in [0.15, 0.2) is 41.6 Å². The molecule has 0 aliphatic rings. The van der Waals surface area contributed by atoms with Crippen molar-refractivity contribution in [2.75, 3.05) is 11.9 Å². The Kier molecular flexibility index (Phi) is 7.12. The van der Waals surface area contributed by atoms with Gasteiger partial charge in [0.05, 0.1) is 21.9 Å². The first-order chi connectivity index (χ1) is 11.9. The molecular weight excluding hydrogens is 383 g/mol. The summed E-state index contributed by atoms with van der Waals surface area (Å²) in [6, 6.07) is 10.9. The van der Waals surface area contributed by atoms with E-state index in [-0.39, 0.29) is 22.3 Å². The van der Waals surface area contributed by atoms with Gasteiger partial charge in [0.25, 0.3) is 5.91 Å². The number of rotatable bonds is 6. The summed E-state index contributed by atoms with van der Waals surface area (Å²) in [5.74, 6) is 0.0379. The van der Waals surface area contributed by atoms with E-state index < -0.39 is 5.91 Å². The zero-order valence-corrected chi connectivity index (χ0v) is 16.0. The number of halogens is 3. The second kappa shape index (κ2) is 9.09. The first-order valence-electron chi connectivity index (χ1n) is 7.56. The SMILES string of the molecule is CC(C)c1ccc(/C=N\OCC(=O)Nc2c(Cl)cc(Cl)cc2Cl)cc1. The van der Waals surface area contributed by atoms with Gasteiger partial charge in [0.1, 0.15) is 0 Å². The Morgan fingerprint density at radius 2 is 1.76 bits per heavy atom.